The second-order valence-electron chi connectivity index (χ2n) is 1.59. The molecular weight excluding hydrogens is 92.1 g/mol. The minimum atomic E-state index is -0.375. The summed E-state index contributed by atoms with van der Waals surface area (Å²) in [4.78, 5) is 0. The first-order chi connectivity index (χ1) is 3.30. The number of nitrogens with zero attached hydrogens (tertiary/aromatic N) is 2. The fourth-order valence-corrected chi connectivity index (χ4v) is 0.500. The topological polar surface area (TPSA) is 35.8 Å². The van der Waals surface area contributed by atoms with Crippen LogP contribution >= 0.6 is 0 Å². The normalized spacial score (nSPS) is 29.4. The molecule has 3 nitrogen and oxygen atoms in total. The second kappa shape index (κ2) is 1.50. The minimum absolute atomic E-state index is 0.375. The lowest BCUT2D eigenvalue weighted by molar-refractivity contribution is 0.0452. The fraction of sp³-hybridized carbons (Fsp3) is 0.750. The van der Waals surface area contributed by atoms with Crippen molar-refractivity contribution in [3.63, 3.8) is 0 Å². The van der Waals surface area contributed by atoms with Gasteiger partial charge in [0.05, 0.1) is 0 Å². The lowest BCUT2D eigenvalue weighted by Crippen LogP contribution is -2.20. The Morgan fingerprint density at radius 1 is 2.00 bits per heavy atom. The smallest absolute Gasteiger partial charge is 0.147 e. The van der Waals surface area contributed by atoms with Gasteiger partial charge in [0.2, 0.25) is 0 Å². The van der Waals surface area contributed by atoms with Crippen LogP contribution in [0.5, 0.6) is 0 Å². The molecule has 1 atom stereocenters. The zero-order valence-corrected chi connectivity index (χ0v) is 4.20. The van der Waals surface area contributed by atoms with E-state index in [2.05, 4.69) is 5.10 Å². The highest BCUT2D eigenvalue weighted by Gasteiger charge is 2.10. The number of aliphatic hydroxyl groups excluding tert-OH is 1. The summed E-state index contributed by atoms with van der Waals surface area (Å²) in [6.07, 6.45) is 1.99. The van der Waals surface area contributed by atoms with Crippen molar-refractivity contribution in [1.29, 1.82) is 0 Å². The second-order valence-corrected chi connectivity index (χ2v) is 1.59. The number of hydrazone groups is 1. The van der Waals surface area contributed by atoms with Gasteiger partial charge in [0.25, 0.3) is 0 Å². The van der Waals surface area contributed by atoms with Gasteiger partial charge in [-0.3, -0.25) is 5.01 Å². The third-order valence-corrected chi connectivity index (χ3v) is 1.01. The van der Waals surface area contributed by atoms with Gasteiger partial charge >= 0.3 is 0 Å². The Morgan fingerprint density at radius 2 is 2.71 bits per heavy atom. The van der Waals surface area contributed by atoms with E-state index in [1.54, 1.807) is 13.3 Å². The zero-order chi connectivity index (χ0) is 5.28. The lowest BCUT2D eigenvalue weighted by Gasteiger charge is -2.10. The van der Waals surface area contributed by atoms with Crippen molar-refractivity contribution >= 4 is 6.21 Å². The van der Waals surface area contributed by atoms with Crippen molar-refractivity contribution in [2.75, 3.05) is 7.05 Å². The molecule has 3 heteroatoms. The van der Waals surface area contributed by atoms with E-state index in [4.69, 9.17) is 5.11 Å². The van der Waals surface area contributed by atoms with Crippen LogP contribution in [0.2, 0.25) is 0 Å². The molecule has 0 aliphatic carbocycles. The first-order valence-corrected chi connectivity index (χ1v) is 2.24. The summed E-state index contributed by atoms with van der Waals surface area (Å²) in [6.45, 7) is 0. The molecular formula is C4H8N2O. The number of hydrogen-bond acceptors (Lipinski definition) is 3. The predicted molar refractivity (Wildman–Crippen MR) is 26.9 cm³/mol. The minimum Gasteiger partial charge on any atom is -0.372 e. The maximum absolute atomic E-state index is 8.80. The molecule has 0 bridgehead atoms. The van der Waals surface area contributed by atoms with Gasteiger partial charge in [0, 0.05) is 19.7 Å². The lowest BCUT2D eigenvalue weighted by atomic mass is 10.4. The highest BCUT2D eigenvalue weighted by Crippen LogP contribution is 2.02. The molecule has 0 aromatic rings. The Morgan fingerprint density at radius 3 is 2.86 bits per heavy atom. The van der Waals surface area contributed by atoms with Crippen molar-refractivity contribution in [1.82, 2.24) is 5.01 Å². The Labute approximate surface area is 42.2 Å². The van der Waals surface area contributed by atoms with Gasteiger partial charge < -0.3 is 5.11 Å². The van der Waals surface area contributed by atoms with E-state index in [0.717, 1.165) is 0 Å². The molecule has 1 aliphatic rings. The van der Waals surface area contributed by atoms with Gasteiger partial charge in [0.15, 0.2) is 0 Å². The molecule has 1 heterocycles. The fourth-order valence-electron chi connectivity index (χ4n) is 0.500. The van der Waals surface area contributed by atoms with Crippen LogP contribution in [0.15, 0.2) is 5.10 Å². The molecule has 1 unspecified atom stereocenters. The molecule has 1 aliphatic heterocycles. The maximum Gasteiger partial charge on any atom is 0.147 e. The van der Waals surface area contributed by atoms with Crippen LogP contribution in [0.4, 0.5) is 0 Å². The average molecular weight is 100 g/mol. The van der Waals surface area contributed by atoms with Crippen molar-refractivity contribution in [2.24, 2.45) is 5.10 Å². The van der Waals surface area contributed by atoms with Gasteiger partial charge in [-0.15, -0.1) is 0 Å². The Bertz CT molecular complexity index is 91.7. The first kappa shape index (κ1) is 4.59. The summed E-state index contributed by atoms with van der Waals surface area (Å²) < 4.78 is 0. The van der Waals surface area contributed by atoms with E-state index in [9.17, 15) is 0 Å². The van der Waals surface area contributed by atoms with Crippen molar-refractivity contribution < 1.29 is 5.11 Å². The Hall–Kier alpha value is -0.570. The van der Waals surface area contributed by atoms with E-state index >= 15 is 0 Å². The van der Waals surface area contributed by atoms with Crippen molar-refractivity contribution in [2.45, 2.75) is 12.6 Å². The molecule has 0 spiro atoms. The quantitative estimate of drug-likeness (QED) is 0.450. The molecule has 0 aromatic heterocycles. The summed E-state index contributed by atoms with van der Waals surface area (Å²) in [5, 5.41) is 14.1. The Balaban J connectivity index is 2.45. The Kier molecular flexibility index (Phi) is 0.982. The monoisotopic (exact) mass is 100 g/mol. The highest BCUT2D eigenvalue weighted by molar-refractivity contribution is 5.59. The number of aliphatic hydroxyl groups is 1. The van der Waals surface area contributed by atoms with Crippen LogP contribution in [0.1, 0.15) is 6.42 Å². The molecule has 0 fully saturated rings. The van der Waals surface area contributed by atoms with Gasteiger partial charge in [-0.1, -0.05) is 0 Å². The number of hydrogen-bond donors (Lipinski definition) is 1. The maximum atomic E-state index is 8.80. The molecule has 1 rings (SSSR count). The van der Waals surface area contributed by atoms with Crippen molar-refractivity contribution in [3.05, 3.63) is 0 Å². The molecule has 40 valence electrons. The van der Waals surface area contributed by atoms with Crippen LogP contribution < -0.4 is 0 Å². The van der Waals surface area contributed by atoms with E-state index < -0.39 is 0 Å². The van der Waals surface area contributed by atoms with E-state index in [0.29, 0.717) is 6.42 Å². The predicted octanol–water partition coefficient (Wildman–Crippen LogP) is -0.374. The molecule has 7 heavy (non-hydrogen) atoms. The van der Waals surface area contributed by atoms with Crippen LogP contribution in [-0.4, -0.2) is 29.6 Å². The SMILES string of the molecule is CN1N=CCC1O. The largest absolute Gasteiger partial charge is 0.372 e. The van der Waals surface area contributed by atoms with Crippen LogP contribution in [0.25, 0.3) is 0 Å². The van der Waals surface area contributed by atoms with Gasteiger partial charge in [-0.25, -0.2) is 0 Å². The number of rotatable bonds is 0. The average Bonchev–Trinajstić information content (AvgIpc) is 1.91. The summed E-state index contributed by atoms with van der Waals surface area (Å²) in [5.41, 5.74) is 0. The molecule has 0 amide bonds. The van der Waals surface area contributed by atoms with E-state index in [-0.39, 0.29) is 6.23 Å². The highest BCUT2D eigenvalue weighted by atomic mass is 16.3. The third kappa shape index (κ3) is 0.718. The summed E-state index contributed by atoms with van der Waals surface area (Å²) in [6, 6.07) is 0. The molecule has 0 aromatic carbocycles. The van der Waals surface area contributed by atoms with Crippen LogP contribution in [0.3, 0.4) is 0 Å². The first-order valence-electron chi connectivity index (χ1n) is 2.24. The third-order valence-electron chi connectivity index (χ3n) is 1.01. The van der Waals surface area contributed by atoms with Crippen LogP contribution in [-0.2, 0) is 0 Å². The summed E-state index contributed by atoms with van der Waals surface area (Å²) in [5.74, 6) is 0. The molecule has 0 saturated carbocycles. The van der Waals surface area contributed by atoms with E-state index in [1.807, 2.05) is 0 Å². The molecule has 1 N–H and O–H groups in total. The van der Waals surface area contributed by atoms with Gasteiger partial charge in [-0.2, -0.15) is 5.10 Å². The van der Waals surface area contributed by atoms with Crippen molar-refractivity contribution in [3.8, 4) is 0 Å². The van der Waals surface area contributed by atoms with Gasteiger partial charge in [0.1, 0.15) is 6.23 Å². The summed E-state index contributed by atoms with van der Waals surface area (Å²) >= 11 is 0. The summed E-state index contributed by atoms with van der Waals surface area (Å²) in [7, 11) is 1.74. The van der Waals surface area contributed by atoms with Crippen LogP contribution in [0, 0.1) is 0 Å². The van der Waals surface area contributed by atoms with E-state index in [1.165, 1.54) is 5.01 Å². The zero-order valence-electron chi connectivity index (χ0n) is 4.20. The molecule has 0 radical (unpaired) electrons. The molecule has 0 saturated heterocycles. The van der Waals surface area contributed by atoms with Gasteiger partial charge in [-0.05, 0) is 0 Å². The standard InChI is InChI=1S/C4H8N2O/c1-6-4(7)2-3-5-6/h3-4,7H,2H2,1H3.